The average Bonchev–Trinajstić information content (AvgIpc) is 3.05. The number of rotatable bonds is 6. The zero-order valence-electron chi connectivity index (χ0n) is 17.9. The van der Waals surface area contributed by atoms with Crippen LogP contribution < -0.4 is 4.74 Å². The van der Waals surface area contributed by atoms with E-state index in [1.54, 1.807) is 42.7 Å². The maximum absolute atomic E-state index is 13.1. The third-order valence-electron chi connectivity index (χ3n) is 5.23. The van der Waals surface area contributed by atoms with Crippen molar-refractivity contribution in [3.63, 3.8) is 0 Å². The van der Waals surface area contributed by atoms with Crippen LogP contribution in [0, 0.1) is 0 Å². The molecule has 1 aromatic heterocycles. The normalized spacial score (nSPS) is 17.7. The molecule has 0 radical (unpaired) electrons. The van der Waals surface area contributed by atoms with Gasteiger partial charge in [-0.25, -0.2) is 0 Å². The summed E-state index contributed by atoms with van der Waals surface area (Å²) in [7, 11) is 0. The lowest BCUT2D eigenvalue weighted by Crippen LogP contribution is -2.29. The summed E-state index contributed by atoms with van der Waals surface area (Å²) in [5.74, 6) is -0.859. The van der Waals surface area contributed by atoms with Crippen LogP contribution in [0.2, 0.25) is 0 Å². The fourth-order valence-corrected chi connectivity index (χ4v) is 3.83. The SMILES string of the molecule is CC(C)Oc1ccc([C@@H]2C(=C(O)c3ccccc3)C(=O)C(=O)N2Cc2cccnc2)cc1. The predicted octanol–water partition coefficient (Wildman–Crippen LogP) is 4.49. The lowest BCUT2D eigenvalue weighted by molar-refractivity contribution is -0.140. The molecule has 0 saturated carbocycles. The number of pyridine rings is 1. The first kappa shape index (κ1) is 21.3. The van der Waals surface area contributed by atoms with E-state index >= 15 is 0 Å². The molecule has 1 aliphatic rings. The molecule has 6 nitrogen and oxygen atoms in total. The molecule has 32 heavy (non-hydrogen) atoms. The maximum atomic E-state index is 13.1. The molecule has 4 rings (SSSR count). The van der Waals surface area contributed by atoms with Crippen molar-refractivity contribution in [1.29, 1.82) is 0 Å². The van der Waals surface area contributed by atoms with Crippen LogP contribution in [0.1, 0.15) is 36.6 Å². The summed E-state index contributed by atoms with van der Waals surface area (Å²) in [6, 6.07) is 18.9. The second-order valence-corrected chi connectivity index (χ2v) is 7.89. The number of ether oxygens (including phenoxy) is 1. The van der Waals surface area contributed by atoms with Gasteiger partial charge in [0.1, 0.15) is 11.5 Å². The Balaban J connectivity index is 1.81. The molecule has 3 aromatic rings. The van der Waals surface area contributed by atoms with E-state index in [1.165, 1.54) is 4.90 Å². The van der Waals surface area contributed by atoms with Crippen LogP contribution >= 0.6 is 0 Å². The molecule has 2 aromatic carbocycles. The van der Waals surface area contributed by atoms with E-state index < -0.39 is 17.7 Å². The Hall–Kier alpha value is -3.93. The Labute approximate surface area is 186 Å². The van der Waals surface area contributed by atoms with Crippen LogP contribution in [-0.2, 0) is 16.1 Å². The number of Topliss-reactive ketones (excluding diaryl/α,β-unsaturated/α-hetero) is 1. The first-order valence-electron chi connectivity index (χ1n) is 10.4. The zero-order valence-corrected chi connectivity index (χ0v) is 17.9. The molecule has 0 aliphatic carbocycles. The predicted molar refractivity (Wildman–Crippen MR) is 121 cm³/mol. The van der Waals surface area contributed by atoms with E-state index in [4.69, 9.17) is 4.74 Å². The number of hydrogen-bond acceptors (Lipinski definition) is 5. The van der Waals surface area contributed by atoms with Crippen LogP contribution in [0.4, 0.5) is 0 Å². The van der Waals surface area contributed by atoms with Gasteiger partial charge in [-0.1, -0.05) is 48.5 Å². The van der Waals surface area contributed by atoms with Gasteiger partial charge in [-0.15, -0.1) is 0 Å². The Morgan fingerprint density at radius 3 is 2.38 bits per heavy atom. The minimum atomic E-state index is -0.733. The molecule has 1 N–H and O–H groups in total. The molecule has 0 bridgehead atoms. The second kappa shape index (κ2) is 9.06. The third-order valence-corrected chi connectivity index (χ3v) is 5.23. The average molecular weight is 428 g/mol. The molecule has 6 heteroatoms. The van der Waals surface area contributed by atoms with Gasteiger partial charge in [0.05, 0.1) is 17.7 Å². The zero-order chi connectivity index (χ0) is 22.7. The molecular formula is C26H24N2O4. The standard InChI is InChI=1S/C26H24N2O4/c1-17(2)32-21-12-10-19(11-13-21)23-22(24(29)20-8-4-3-5-9-20)25(30)26(31)28(23)16-18-7-6-14-27-15-18/h3-15,17,23,29H,16H2,1-2H3/t23-/m1/s1. The fraction of sp³-hybridized carbons (Fsp3) is 0.192. The molecule has 0 spiro atoms. The quantitative estimate of drug-likeness (QED) is 0.355. The summed E-state index contributed by atoms with van der Waals surface area (Å²) < 4.78 is 5.72. The van der Waals surface area contributed by atoms with E-state index in [9.17, 15) is 14.7 Å². The highest BCUT2D eigenvalue weighted by Gasteiger charge is 2.46. The smallest absolute Gasteiger partial charge is 0.295 e. The molecule has 1 atom stereocenters. The number of carbonyl (C=O) groups excluding carboxylic acids is 2. The van der Waals surface area contributed by atoms with Gasteiger partial charge in [-0.3, -0.25) is 14.6 Å². The minimum Gasteiger partial charge on any atom is -0.507 e. The molecule has 1 fully saturated rings. The van der Waals surface area contributed by atoms with Gasteiger partial charge in [0, 0.05) is 24.5 Å². The van der Waals surface area contributed by atoms with Gasteiger partial charge in [0.2, 0.25) is 0 Å². The van der Waals surface area contributed by atoms with Gasteiger partial charge in [-0.05, 0) is 43.2 Å². The number of hydrogen-bond donors (Lipinski definition) is 1. The number of carbonyl (C=O) groups is 2. The highest BCUT2D eigenvalue weighted by Crippen LogP contribution is 2.40. The lowest BCUT2D eigenvalue weighted by Gasteiger charge is -2.25. The summed E-state index contributed by atoms with van der Waals surface area (Å²) in [6.45, 7) is 4.08. The third kappa shape index (κ3) is 4.25. The van der Waals surface area contributed by atoms with Crippen LogP contribution in [-0.4, -0.2) is 32.8 Å². The molecule has 162 valence electrons. The van der Waals surface area contributed by atoms with Gasteiger partial charge in [0.15, 0.2) is 0 Å². The number of likely N-dealkylation sites (tertiary alicyclic amines) is 1. The van der Waals surface area contributed by atoms with Crippen molar-refractivity contribution in [3.05, 3.63) is 101 Å². The van der Waals surface area contributed by atoms with Gasteiger partial charge in [-0.2, -0.15) is 0 Å². The fourth-order valence-electron chi connectivity index (χ4n) is 3.83. The molecule has 1 saturated heterocycles. The number of aromatic nitrogens is 1. The summed E-state index contributed by atoms with van der Waals surface area (Å²) in [5, 5.41) is 11.0. The highest BCUT2D eigenvalue weighted by atomic mass is 16.5. The van der Waals surface area contributed by atoms with Gasteiger partial charge in [0.25, 0.3) is 11.7 Å². The van der Waals surface area contributed by atoms with Crippen molar-refractivity contribution in [2.24, 2.45) is 0 Å². The Kier molecular flexibility index (Phi) is 6.03. The number of benzene rings is 2. The lowest BCUT2D eigenvalue weighted by atomic mass is 9.95. The van der Waals surface area contributed by atoms with Crippen molar-refractivity contribution in [2.45, 2.75) is 32.5 Å². The van der Waals surface area contributed by atoms with Gasteiger partial charge >= 0.3 is 0 Å². The van der Waals surface area contributed by atoms with Crippen LogP contribution in [0.3, 0.4) is 0 Å². The summed E-state index contributed by atoms with van der Waals surface area (Å²) in [5.41, 5.74) is 2.06. The van der Waals surface area contributed by atoms with Crippen LogP contribution in [0.15, 0.2) is 84.7 Å². The minimum absolute atomic E-state index is 0.0233. The largest absolute Gasteiger partial charge is 0.507 e. The molecule has 1 amide bonds. The topological polar surface area (TPSA) is 79.7 Å². The van der Waals surface area contributed by atoms with Crippen molar-refractivity contribution in [1.82, 2.24) is 9.88 Å². The second-order valence-electron chi connectivity index (χ2n) is 7.89. The van der Waals surface area contributed by atoms with E-state index in [0.29, 0.717) is 16.9 Å². The van der Waals surface area contributed by atoms with E-state index in [2.05, 4.69) is 4.98 Å². The monoisotopic (exact) mass is 428 g/mol. The summed E-state index contributed by atoms with van der Waals surface area (Å²) in [4.78, 5) is 31.7. The molecule has 1 aliphatic heterocycles. The van der Waals surface area contributed by atoms with Crippen LogP contribution in [0.25, 0.3) is 5.76 Å². The molecular weight excluding hydrogens is 404 g/mol. The number of aliphatic hydroxyl groups is 1. The summed E-state index contributed by atoms with van der Waals surface area (Å²) >= 11 is 0. The van der Waals surface area contributed by atoms with Crippen molar-refractivity contribution in [3.8, 4) is 5.75 Å². The Morgan fingerprint density at radius 1 is 1.03 bits per heavy atom. The number of amides is 1. The van der Waals surface area contributed by atoms with Gasteiger partial charge < -0.3 is 14.7 Å². The van der Waals surface area contributed by atoms with E-state index in [-0.39, 0.29) is 24.0 Å². The van der Waals surface area contributed by atoms with Crippen LogP contribution in [0.5, 0.6) is 5.75 Å². The van der Waals surface area contributed by atoms with Crippen molar-refractivity contribution in [2.75, 3.05) is 0 Å². The van der Waals surface area contributed by atoms with Crippen molar-refractivity contribution < 1.29 is 19.4 Å². The van der Waals surface area contributed by atoms with E-state index in [1.807, 2.05) is 50.2 Å². The maximum Gasteiger partial charge on any atom is 0.295 e. The highest BCUT2D eigenvalue weighted by molar-refractivity contribution is 6.46. The number of nitrogens with zero attached hydrogens (tertiary/aromatic N) is 2. The summed E-state index contributed by atoms with van der Waals surface area (Å²) in [6.07, 6.45) is 3.33. The van der Waals surface area contributed by atoms with Crippen molar-refractivity contribution >= 4 is 17.4 Å². The number of aliphatic hydroxyl groups excluding tert-OH is 1. The first-order valence-corrected chi connectivity index (χ1v) is 10.4. The number of ketones is 1. The Morgan fingerprint density at radius 2 is 1.75 bits per heavy atom. The Bertz CT molecular complexity index is 1140. The molecule has 2 heterocycles. The first-order chi connectivity index (χ1) is 15.5. The van der Waals surface area contributed by atoms with E-state index in [0.717, 1.165) is 5.56 Å². The molecule has 0 unspecified atom stereocenters.